The summed E-state index contributed by atoms with van der Waals surface area (Å²) in [7, 11) is 1.73. The van der Waals surface area contributed by atoms with Crippen LogP contribution < -0.4 is 0 Å². The highest BCUT2D eigenvalue weighted by Crippen LogP contribution is 2.42. The molecule has 1 aliphatic rings. The maximum atomic E-state index is 8.49. The summed E-state index contributed by atoms with van der Waals surface area (Å²) in [6.45, 7) is 12.0. The topological polar surface area (TPSA) is 33.0 Å². The summed E-state index contributed by atoms with van der Waals surface area (Å²) in [5, 5.41) is 8.73. The fourth-order valence-electron chi connectivity index (χ4n) is 1.08. The largest absolute Gasteiger partial charge is 0.412 e. The molecule has 0 N–H and O–H groups in total. The Labute approximate surface area is 125 Å². The summed E-state index contributed by atoms with van der Waals surface area (Å²) in [5.74, 6) is 0. The summed E-state index contributed by atoms with van der Waals surface area (Å²) in [6, 6.07) is 2.00. The first-order valence-electron chi connectivity index (χ1n) is 6.22. The SMILES string of the molecule is CC(C)(C)[Si](C)(C)OCC1=CC=C(/C=C/C#N)SS1. The highest BCUT2D eigenvalue weighted by molar-refractivity contribution is 8.79. The Morgan fingerprint density at radius 2 is 2.00 bits per heavy atom. The first kappa shape index (κ1) is 16.6. The average molecular weight is 312 g/mol. The average Bonchev–Trinajstić information content (AvgIpc) is 2.34. The van der Waals surface area contributed by atoms with Crippen molar-refractivity contribution in [3.05, 3.63) is 34.1 Å². The molecule has 0 aliphatic carbocycles. The monoisotopic (exact) mass is 311 g/mol. The van der Waals surface area contributed by atoms with Crippen molar-refractivity contribution in [1.29, 1.82) is 5.26 Å². The molecule has 0 saturated carbocycles. The fraction of sp³-hybridized carbons (Fsp3) is 0.500. The molecule has 0 aromatic carbocycles. The van der Waals surface area contributed by atoms with Gasteiger partial charge >= 0.3 is 0 Å². The molecule has 0 bridgehead atoms. The van der Waals surface area contributed by atoms with Crippen LogP contribution in [0.2, 0.25) is 18.1 Å². The van der Waals surface area contributed by atoms with Gasteiger partial charge in [0.05, 0.1) is 12.7 Å². The molecular formula is C14H21NOS2Si. The normalized spacial score (nSPS) is 17.1. The van der Waals surface area contributed by atoms with Gasteiger partial charge in [0.1, 0.15) is 0 Å². The molecule has 0 atom stereocenters. The van der Waals surface area contributed by atoms with Crippen molar-refractivity contribution in [2.45, 2.75) is 38.9 Å². The van der Waals surface area contributed by atoms with Gasteiger partial charge in [-0.15, -0.1) is 0 Å². The molecule has 1 rings (SSSR count). The minimum Gasteiger partial charge on any atom is -0.412 e. The second kappa shape index (κ2) is 6.85. The smallest absolute Gasteiger partial charge is 0.192 e. The number of hydrogen-bond acceptors (Lipinski definition) is 4. The number of hydrogen-bond donors (Lipinski definition) is 0. The fourth-order valence-corrected chi connectivity index (χ4v) is 4.06. The van der Waals surface area contributed by atoms with Crippen LogP contribution in [0.3, 0.4) is 0 Å². The molecule has 0 aromatic heterocycles. The van der Waals surface area contributed by atoms with Gasteiger partial charge in [0, 0.05) is 15.9 Å². The summed E-state index contributed by atoms with van der Waals surface area (Å²) >= 11 is 0. The van der Waals surface area contributed by atoms with Gasteiger partial charge < -0.3 is 4.43 Å². The van der Waals surface area contributed by atoms with Crippen LogP contribution in [-0.4, -0.2) is 14.9 Å². The molecule has 0 spiro atoms. The van der Waals surface area contributed by atoms with Crippen LogP contribution in [-0.2, 0) is 4.43 Å². The number of nitriles is 1. The van der Waals surface area contributed by atoms with Crippen molar-refractivity contribution in [2.24, 2.45) is 0 Å². The van der Waals surface area contributed by atoms with Crippen molar-refractivity contribution in [3.8, 4) is 6.07 Å². The predicted molar refractivity (Wildman–Crippen MR) is 89.3 cm³/mol. The third-order valence-corrected chi connectivity index (χ3v) is 10.3. The summed E-state index contributed by atoms with van der Waals surface area (Å²) < 4.78 is 6.19. The van der Waals surface area contributed by atoms with E-state index in [1.165, 1.54) is 11.0 Å². The summed E-state index contributed by atoms with van der Waals surface area (Å²) in [4.78, 5) is 2.34. The van der Waals surface area contributed by atoms with Gasteiger partial charge in [0.2, 0.25) is 0 Å². The Kier molecular flexibility index (Phi) is 6.00. The Morgan fingerprint density at radius 1 is 1.32 bits per heavy atom. The Hall–Kier alpha value is -0.413. The van der Waals surface area contributed by atoms with Crippen molar-refractivity contribution in [1.82, 2.24) is 0 Å². The second-order valence-electron chi connectivity index (χ2n) is 5.88. The first-order valence-corrected chi connectivity index (χ1v) is 11.3. The number of rotatable bonds is 4. The Balaban J connectivity index is 2.58. The lowest BCUT2D eigenvalue weighted by molar-refractivity contribution is 0.325. The molecule has 104 valence electrons. The van der Waals surface area contributed by atoms with Crippen LogP contribution in [0.4, 0.5) is 0 Å². The summed E-state index contributed by atoms with van der Waals surface area (Å²) in [6.07, 6.45) is 7.47. The van der Waals surface area contributed by atoms with Crippen molar-refractivity contribution in [3.63, 3.8) is 0 Å². The first-order chi connectivity index (χ1) is 8.76. The van der Waals surface area contributed by atoms with Gasteiger partial charge in [-0.05, 0) is 36.4 Å². The van der Waals surface area contributed by atoms with Crippen LogP contribution in [0.25, 0.3) is 0 Å². The Bertz CT molecular complexity index is 453. The molecule has 1 aliphatic heterocycles. The lowest BCUT2D eigenvalue weighted by atomic mass is 10.2. The standard InChI is InChI=1S/C14H21NOS2Si/c1-14(2,3)19(4,5)16-11-13-9-8-12(17-18-13)7-6-10-15/h6-9H,11H2,1-5H3/b7-6+. The third-order valence-electron chi connectivity index (χ3n) is 3.38. The zero-order chi connectivity index (χ0) is 14.5. The quantitative estimate of drug-likeness (QED) is 0.403. The van der Waals surface area contributed by atoms with E-state index in [2.05, 4.69) is 39.9 Å². The molecule has 0 saturated heterocycles. The second-order valence-corrected chi connectivity index (χ2v) is 13.0. The van der Waals surface area contributed by atoms with Gasteiger partial charge in [-0.2, -0.15) is 5.26 Å². The Morgan fingerprint density at radius 3 is 2.47 bits per heavy atom. The van der Waals surface area contributed by atoms with E-state index in [1.54, 1.807) is 21.6 Å². The zero-order valence-corrected chi connectivity index (χ0v) is 14.8. The van der Waals surface area contributed by atoms with Gasteiger partial charge in [-0.3, -0.25) is 0 Å². The van der Waals surface area contributed by atoms with Crippen LogP contribution in [0.15, 0.2) is 34.1 Å². The van der Waals surface area contributed by atoms with Gasteiger partial charge in [-0.25, -0.2) is 0 Å². The van der Waals surface area contributed by atoms with Crippen molar-refractivity contribution >= 4 is 29.9 Å². The number of nitrogens with zero attached hydrogens (tertiary/aromatic N) is 1. The minimum absolute atomic E-state index is 0.247. The summed E-state index contributed by atoms with van der Waals surface area (Å²) in [5.41, 5.74) is 0. The maximum Gasteiger partial charge on any atom is 0.192 e. The van der Waals surface area contributed by atoms with E-state index in [4.69, 9.17) is 9.69 Å². The van der Waals surface area contributed by atoms with E-state index in [1.807, 2.05) is 18.2 Å². The molecule has 0 aromatic rings. The predicted octanol–water partition coefficient (Wildman–Crippen LogP) is 5.25. The van der Waals surface area contributed by atoms with E-state index >= 15 is 0 Å². The van der Waals surface area contributed by atoms with Crippen LogP contribution in [0.1, 0.15) is 20.8 Å². The maximum absolute atomic E-state index is 8.49. The van der Waals surface area contributed by atoms with E-state index in [-0.39, 0.29) is 5.04 Å². The molecular weight excluding hydrogens is 290 g/mol. The minimum atomic E-state index is -1.67. The van der Waals surface area contributed by atoms with Gasteiger partial charge in [0.15, 0.2) is 8.32 Å². The number of allylic oxidation sites excluding steroid dienone is 4. The lowest BCUT2D eigenvalue weighted by Gasteiger charge is -2.36. The van der Waals surface area contributed by atoms with Crippen LogP contribution in [0, 0.1) is 11.3 Å². The van der Waals surface area contributed by atoms with Gasteiger partial charge in [0.25, 0.3) is 0 Å². The van der Waals surface area contributed by atoms with E-state index in [9.17, 15) is 0 Å². The van der Waals surface area contributed by atoms with E-state index < -0.39 is 8.32 Å². The van der Waals surface area contributed by atoms with Crippen molar-refractivity contribution in [2.75, 3.05) is 6.61 Å². The van der Waals surface area contributed by atoms with Gasteiger partial charge in [-0.1, -0.05) is 42.4 Å². The van der Waals surface area contributed by atoms with Crippen molar-refractivity contribution < 1.29 is 4.43 Å². The van der Waals surface area contributed by atoms with Crippen LogP contribution in [0.5, 0.6) is 0 Å². The molecule has 0 amide bonds. The molecule has 0 radical (unpaired) electrons. The molecule has 0 fully saturated rings. The highest BCUT2D eigenvalue weighted by atomic mass is 33.1. The molecule has 1 heterocycles. The zero-order valence-electron chi connectivity index (χ0n) is 12.2. The molecule has 2 nitrogen and oxygen atoms in total. The molecule has 19 heavy (non-hydrogen) atoms. The van der Waals surface area contributed by atoms with E-state index in [0.717, 1.165) is 4.91 Å². The third kappa shape index (κ3) is 5.23. The highest BCUT2D eigenvalue weighted by Gasteiger charge is 2.37. The lowest BCUT2D eigenvalue weighted by Crippen LogP contribution is -2.41. The van der Waals surface area contributed by atoms with E-state index in [0.29, 0.717) is 6.61 Å². The molecule has 5 heteroatoms. The molecule has 0 unspecified atom stereocenters. The van der Waals surface area contributed by atoms with Crippen LogP contribution >= 0.6 is 21.6 Å².